The topological polar surface area (TPSA) is 137 Å². The van der Waals surface area contributed by atoms with Gasteiger partial charge in [-0.3, -0.25) is 0 Å². The van der Waals surface area contributed by atoms with Crippen LogP contribution in [0.3, 0.4) is 0 Å². The van der Waals surface area contributed by atoms with E-state index in [-0.39, 0.29) is 0 Å². The highest BCUT2D eigenvalue weighted by molar-refractivity contribution is 7.91. The molecule has 0 radical (unpaired) electrons. The Bertz CT molecular complexity index is 668. The molecular weight excluding hydrogens is 299 g/mol. The van der Waals surface area contributed by atoms with E-state index < -0.39 is 43.9 Å². The van der Waals surface area contributed by atoms with Gasteiger partial charge in [0.15, 0.2) is 5.96 Å². The average Bonchev–Trinajstić information content (AvgIpc) is 2.30. The number of alkyl halides is 2. The smallest absolute Gasteiger partial charge is 0.341 e. The van der Waals surface area contributed by atoms with Crippen LogP contribution in [0.5, 0.6) is 0 Å². The minimum absolute atomic E-state index is 0.406. The molecule has 0 bridgehead atoms. The fraction of sp³-hybridized carbons (Fsp3) is 0.111. The summed E-state index contributed by atoms with van der Waals surface area (Å²) in [4.78, 5) is 5.73. The van der Waals surface area contributed by atoms with Gasteiger partial charge in [0.1, 0.15) is 10.7 Å². The molecule has 7 nitrogen and oxygen atoms in total. The van der Waals surface area contributed by atoms with Crippen molar-refractivity contribution in [1.29, 1.82) is 0 Å². The Morgan fingerprint density at radius 1 is 1.20 bits per heavy atom. The van der Waals surface area contributed by atoms with E-state index in [2.05, 4.69) is 9.98 Å². The highest BCUT2D eigenvalue weighted by Gasteiger charge is 2.29. The second-order valence-corrected chi connectivity index (χ2v) is 5.31. The third-order valence-corrected chi connectivity index (χ3v) is 3.35. The van der Waals surface area contributed by atoms with Crippen molar-refractivity contribution in [2.45, 2.75) is 10.7 Å². The molecular formula is C9H10F3N5O2S. The Hall–Kier alpha value is -2.30. The monoisotopic (exact) mass is 309 g/mol. The van der Waals surface area contributed by atoms with Crippen molar-refractivity contribution >= 4 is 27.4 Å². The van der Waals surface area contributed by atoms with E-state index in [0.717, 1.165) is 12.1 Å². The van der Waals surface area contributed by atoms with Crippen LogP contribution < -0.4 is 17.2 Å². The van der Waals surface area contributed by atoms with Crippen LogP contribution in [0, 0.1) is 5.82 Å². The summed E-state index contributed by atoms with van der Waals surface area (Å²) in [7, 11) is -5.05. The molecule has 0 saturated heterocycles. The number of sulfone groups is 1. The number of hydrogen-bond acceptors (Lipinski definition) is 3. The highest BCUT2D eigenvalue weighted by atomic mass is 32.2. The summed E-state index contributed by atoms with van der Waals surface area (Å²) in [6.07, 6.45) is 0. The second kappa shape index (κ2) is 5.77. The molecule has 0 unspecified atom stereocenters. The van der Waals surface area contributed by atoms with Gasteiger partial charge in [0.05, 0.1) is 5.69 Å². The minimum Gasteiger partial charge on any atom is -0.370 e. The second-order valence-electron chi connectivity index (χ2n) is 3.42. The van der Waals surface area contributed by atoms with Crippen molar-refractivity contribution in [3.8, 4) is 0 Å². The summed E-state index contributed by atoms with van der Waals surface area (Å²) in [5, 5.41) is 0. The molecule has 0 spiro atoms. The Kier molecular flexibility index (Phi) is 4.55. The van der Waals surface area contributed by atoms with Gasteiger partial charge in [-0.15, -0.1) is 0 Å². The van der Waals surface area contributed by atoms with Gasteiger partial charge in [0.2, 0.25) is 15.8 Å². The number of guanidine groups is 2. The van der Waals surface area contributed by atoms with Crippen LogP contribution in [-0.4, -0.2) is 26.1 Å². The van der Waals surface area contributed by atoms with Crippen molar-refractivity contribution < 1.29 is 21.6 Å². The summed E-state index contributed by atoms with van der Waals surface area (Å²) in [5.74, 6) is -5.79. The van der Waals surface area contributed by atoms with Gasteiger partial charge in [-0.2, -0.15) is 13.8 Å². The predicted molar refractivity (Wildman–Crippen MR) is 66.7 cm³/mol. The number of hydrogen-bond donors (Lipinski definition) is 3. The lowest BCUT2D eigenvalue weighted by atomic mass is 10.3. The molecule has 0 aliphatic carbocycles. The van der Waals surface area contributed by atoms with Crippen LogP contribution >= 0.6 is 0 Å². The van der Waals surface area contributed by atoms with Crippen molar-refractivity contribution in [3.05, 3.63) is 24.0 Å². The zero-order valence-electron chi connectivity index (χ0n) is 9.79. The number of benzene rings is 1. The van der Waals surface area contributed by atoms with Gasteiger partial charge < -0.3 is 17.2 Å². The lowest BCUT2D eigenvalue weighted by Crippen LogP contribution is -2.26. The summed E-state index contributed by atoms with van der Waals surface area (Å²) in [6.45, 7) is 0. The van der Waals surface area contributed by atoms with Gasteiger partial charge in [-0.25, -0.2) is 17.8 Å². The van der Waals surface area contributed by atoms with Crippen LogP contribution in [-0.2, 0) is 9.84 Å². The van der Waals surface area contributed by atoms with E-state index in [0.29, 0.717) is 6.07 Å². The first-order chi connectivity index (χ1) is 9.14. The van der Waals surface area contributed by atoms with Gasteiger partial charge in [0, 0.05) is 0 Å². The first-order valence-electron chi connectivity index (χ1n) is 4.90. The van der Waals surface area contributed by atoms with Crippen molar-refractivity contribution in [2.75, 3.05) is 0 Å². The van der Waals surface area contributed by atoms with Crippen molar-refractivity contribution in [2.24, 2.45) is 27.2 Å². The van der Waals surface area contributed by atoms with Crippen molar-refractivity contribution in [1.82, 2.24) is 0 Å². The van der Waals surface area contributed by atoms with E-state index in [1.807, 2.05) is 0 Å². The first kappa shape index (κ1) is 15.8. The number of rotatable bonds is 3. The average molecular weight is 309 g/mol. The molecule has 0 aliphatic heterocycles. The first-order valence-corrected chi connectivity index (χ1v) is 6.44. The van der Waals surface area contributed by atoms with Gasteiger partial charge in [-0.05, 0) is 18.2 Å². The zero-order chi connectivity index (χ0) is 15.5. The third kappa shape index (κ3) is 3.60. The SMILES string of the molecule is NC(N)=NC(N)=Nc1ccc(F)cc1S(=O)(=O)C(F)F. The summed E-state index contributed by atoms with van der Waals surface area (Å²) in [6, 6.07) is 2.09. The molecule has 20 heavy (non-hydrogen) atoms. The molecule has 0 aliphatic rings. The van der Waals surface area contributed by atoms with Crippen LogP contribution in [0.4, 0.5) is 18.9 Å². The summed E-state index contributed by atoms with van der Waals surface area (Å²) >= 11 is 0. The highest BCUT2D eigenvalue weighted by Crippen LogP contribution is 2.29. The molecule has 110 valence electrons. The summed E-state index contributed by atoms with van der Waals surface area (Å²) in [5.41, 5.74) is 14.8. The fourth-order valence-corrected chi connectivity index (χ4v) is 2.06. The lowest BCUT2D eigenvalue weighted by molar-refractivity contribution is 0.234. The predicted octanol–water partition coefficient (Wildman–Crippen LogP) is 0.0416. The molecule has 0 saturated carbocycles. The maximum absolute atomic E-state index is 13.0. The molecule has 0 heterocycles. The molecule has 11 heteroatoms. The molecule has 0 amide bonds. The molecule has 0 fully saturated rings. The van der Waals surface area contributed by atoms with E-state index in [1.54, 1.807) is 0 Å². The van der Waals surface area contributed by atoms with Gasteiger partial charge in [0.25, 0.3) is 0 Å². The van der Waals surface area contributed by atoms with E-state index in [1.165, 1.54) is 0 Å². The number of halogens is 3. The maximum Gasteiger partial charge on any atom is 0.341 e. The molecule has 1 aromatic carbocycles. The van der Waals surface area contributed by atoms with Crippen LogP contribution in [0.15, 0.2) is 33.1 Å². The number of nitrogens with zero attached hydrogens (tertiary/aromatic N) is 2. The fourth-order valence-electron chi connectivity index (χ4n) is 1.18. The quantitative estimate of drug-likeness (QED) is 0.535. The number of nitrogens with two attached hydrogens (primary N) is 3. The Labute approximate surface area is 111 Å². The molecule has 1 rings (SSSR count). The molecule has 1 aromatic rings. The Morgan fingerprint density at radius 3 is 2.30 bits per heavy atom. The van der Waals surface area contributed by atoms with Gasteiger partial charge in [-0.1, -0.05) is 0 Å². The van der Waals surface area contributed by atoms with E-state index in [4.69, 9.17) is 17.2 Å². The van der Waals surface area contributed by atoms with E-state index >= 15 is 0 Å². The largest absolute Gasteiger partial charge is 0.370 e. The minimum atomic E-state index is -5.05. The van der Waals surface area contributed by atoms with Gasteiger partial charge >= 0.3 is 5.76 Å². The van der Waals surface area contributed by atoms with Crippen molar-refractivity contribution in [3.63, 3.8) is 0 Å². The van der Waals surface area contributed by atoms with Crippen LogP contribution in [0.25, 0.3) is 0 Å². The zero-order valence-corrected chi connectivity index (χ0v) is 10.6. The Balaban J connectivity index is 3.47. The lowest BCUT2D eigenvalue weighted by Gasteiger charge is -2.07. The Morgan fingerprint density at radius 2 is 1.80 bits per heavy atom. The maximum atomic E-state index is 13.0. The number of aliphatic imine (C=N–C) groups is 2. The molecule has 6 N–H and O–H groups in total. The van der Waals surface area contributed by atoms with E-state index in [9.17, 15) is 21.6 Å². The van der Waals surface area contributed by atoms with Crippen LogP contribution in [0.1, 0.15) is 0 Å². The molecule has 0 atom stereocenters. The summed E-state index contributed by atoms with van der Waals surface area (Å²) < 4.78 is 60.8. The standard InChI is InChI=1S/C9H10F3N5O2S/c10-4-1-2-5(16-9(15)17-8(13)14)6(3-4)20(18,19)7(11)12/h1-3,7H,(H6,13,14,15,16,17). The molecule has 0 aromatic heterocycles. The third-order valence-electron chi connectivity index (χ3n) is 1.94. The normalized spacial score (nSPS) is 12.5. The van der Waals surface area contributed by atoms with Crippen LogP contribution in [0.2, 0.25) is 0 Å².